The van der Waals surface area contributed by atoms with Gasteiger partial charge in [-0.3, -0.25) is 9.59 Å². The number of benzene rings is 2. The quantitative estimate of drug-likeness (QED) is 0.587. The van der Waals surface area contributed by atoms with Gasteiger partial charge in [-0.1, -0.05) is 37.6 Å². The van der Waals surface area contributed by atoms with E-state index in [1.165, 1.54) is 0 Å². The number of hydrogen-bond donors (Lipinski definition) is 2. The highest BCUT2D eigenvalue weighted by Gasteiger charge is 2.19. The Kier molecular flexibility index (Phi) is 8.80. The first-order chi connectivity index (χ1) is 14.0. The molecule has 7 heteroatoms. The number of halogens is 1. The Morgan fingerprint density at radius 2 is 1.66 bits per heavy atom. The molecule has 0 radical (unpaired) electrons. The van der Waals surface area contributed by atoms with Crippen molar-refractivity contribution in [2.24, 2.45) is 0 Å². The van der Waals surface area contributed by atoms with Gasteiger partial charge in [-0.15, -0.1) is 0 Å². The molecule has 0 bridgehead atoms. The van der Waals surface area contributed by atoms with E-state index in [1.807, 2.05) is 13.8 Å². The standard InChI is InChI=1S/C22H27ClN2O4/c1-4-12-28-19-11-10-16(14-20(19)29-13-5-2)25-21(26)15(3)24-22(27)17-8-6-7-9-18(17)23/h6-11,14-15H,4-5,12-13H2,1-3H3,(H,24,27)(H,25,26). The van der Waals surface area contributed by atoms with Crippen LogP contribution in [0.15, 0.2) is 42.5 Å². The SMILES string of the molecule is CCCOc1ccc(NC(=O)C(C)NC(=O)c2ccccc2Cl)cc1OCCC. The number of rotatable bonds is 10. The van der Waals surface area contributed by atoms with Crippen molar-refractivity contribution in [3.63, 3.8) is 0 Å². The molecule has 6 nitrogen and oxygen atoms in total. The van der Waals surface area contributed by atoms with E-state index in [2.05, 4.69) is 10.6 Å². The molecule has 2 amide bonds. The second-order valence-corrected chi connectivity index (χ2v) is 6.93. The zero-order chi connectivity index (χ0) is 21.2. The van der Waals surface area contributed by atoms with Crippen LogP contribution in [-0.2, 0) is 4.79 Å². The van der Waals surface area contributed by atoms with Gasteiger partial charge < -0.3 is 20.1 Å². The molecule has 0 aromatic heterocycles. The minimum absolute atomic E-state index is 0.321. The van der Waals surface area contributed by atoms with Crippen molar-refractivity contribution in [3.05, 3.63) is 53.1 Å². The van der Waals surface area contributed by atoms with Crippen LogP contribution in [0.5, 0.6) is 11.5 Å². The molecule has 0 aliphatic carbocycles. The Morgan fingerprint density at radius 3 is 2.31 bits per heavy atom. The topological polar surface area (TPSA) is 76.7 Å². The average Bonchev–Trinajstić information content (AvgIpc) is 2.71. The second-order valence-electron chi connectivity index (χ2n) is 6.52. The summed E-state index contributed by atoms with van der Waals surface area (Å²) >= 11 is 6.03. The maximum atomic E-state index is 12.5. The van der Waals surface area contributed by atoms with Crippen molar-refractivity contribution in [1.29, 1.82) is 0 Å². The molecule has 0 aliphatic rings. The summed E-state index contributed by atoms with van der Waals surface area (Å²) < 4.78 is 11.4. The fraction of sp³-hybridized carbons (Fsp3) is 0.364. The van der Waals surface area contributed by atoms with Crippen LogP contribution >= 0.6 is 11.6 Å². The minimum atomic E-state index is -0.755. The van der Waals surface area contributed by atoms with Crippen LogP contribution in [0.2, 0.25) is 5.02 Å². The van der Waals surface area contributed by atoms with Crippen molar-refractivity contribution >= 4 is 29.1 Å². The molecule has 29 heavy (non-hydrogen) atoms. The first-order valence-corrected chi connectivity index (χ1v) is 10.1. The number of nitrogens with one attached hydrogen (secondary N) is 2. The third kappa shape index (κ3) is 6.68. The van der Waals surface area contributed by atoms with Gasteiger partial charge in [0.2, 0.25) is 5.91 Å². The van der Waals surface area contributed by atoms with E-state index in [-0.39, 0.29) is 5.91 Å². The third-order valence-electron chi connectivity index (χ3n) is 3.99. The first-order valence-electron chi connectivity index (χ1n) is 9.72. The predicted octanol–water partition coefficient (Wildman–Crippen LogP) is 4.67. The molecule has 1 atom stereocenters. The zero-order valence-electron chi connectivity index (χ0n) is 17.0. The van der Waals surface area contributed by atoms with Gasteiger partial charge in [0.1, 0.15) is 6.04 Å². The molecule has 156 valence electrons. The van der Waals surface area contributed by atoms with E-state index >= 15 is 0 Å². The van der Waals surface area contributed by atoms with Gasteiger partial charge in [-0.2, -0.15) is 0 Å². The highest BCUT2D eigenvalue weighted by atomic mass is 35.5. The summed E-state index contributed by atoms with van der Waals surface area (Å²) in [5.74, 6) is 0.451. The molecule has 1 unspecified atom stereocenters. The Balaban J connectivity index is 2.04. The lowest BCUT2D eigenvalue weighted by Crippen LogP contribution is -2.41. The molecular formula is C22H27ClN2O4. The summed E-state index contributed by atoms with van der Waals surface area (Å²) in [6.45, 7) is 6.78. The fourth-order valence-electron chi connectivity index (χ4n) is 2.48. The summed E-state index contributed by atoms with van der Waals surface area (Å²) in [5.41, 5.74) is 0.880. The van der Waals surface area contributed by atoms with E-state index in [4.69, 9.17) is 21.1 Å². The molecule has 0 fully saturated rings. The van der Waals surface area contributed by atoms with Crippen LogP contribution in [0, 0.1) is 0 Å². The summed E-state index contributed by atoms with van der Waals surface area (Å²) in [7, 11) is 0. The van der Waals surface area contributed by atoms with Gasteiger partial charge in [-0.05, 0) is 44.0 Å². The van der Waals surface area contributed by atoms with Gasteiger partial charge in [0.25, 0.3) is 5.91 Å². The van der Waals surface area contributed by atoms with Crippen LogP contribution in [-0.4, -0.2) is 31.1 Å². The number of amides is 2. The van der Waals surface area contributed by atoms with E-state index in [0.29, 0.717) is 41.0 Å². The van der Waals surface area contributed by atoms with Crippen molar-refractivity contribution in [2.45, 2.75) is 39.7 Å². The van der Waals surface area contributed by atoms with Gasteiger partial charge in [0, 0.05) is 11.8 Å². The second kappa shape index (κ2) is 11.3. The maximum Gasteiger partial charge on any atom is 0.253 e. The molecule has 0 aliphatic heterocycles. The normalized spacial score (nSPS) is 11.4. The number of hydrogen-bond acceptors (Lipinski definition) is 4. The molecule has 2 aromatic carbocycles. The third-order valence-corrected chi connectivity index (χ3v) is 4.32. The largest absolute Gasteiger partial charge is 0.490 e. The van der Waals surface area contributed by atoms with Crippen molar-refractivity contribution in [3.8, 4) is 11.5 Å². The lowest BCUT2D eigenvalue weighted by Gasteiger charge is -2.17. The molecule has 0 saturated heterocycles. The highest BCUT2D eigenvalue weighted by molar-refractivity contribution is 6.33. The van der Waals surface area contributed by atoms with Crippen LogP contribution < -0.4 is 20.1 Å². The molecule has 2 rings (SSSR count). The molecule has 0 spiro atoms. The van der Waals surface area contributed by atoms with Crippen molar-refractivity contribution in [1.82, 2.24) is 5.32 Å². The van der Waals surface area contributed by atoms with Gasteiger partial charge in [0.15, 0.2) is 11.5 Å². The molecule has 0 saturated carbocycles. The van der Waals surface area contributed by atoms with Crippen LogP contribution in [0.1, 0.15) is 44.0 Å². The number of carbonyl (C=O) groups excluding carboxylic acids is 2. The number of anilines is 1. The molecule has 0 heterocycles. The Hall–Kier alpha value is -2.73. The Bertz CT molecular complexity index is 841. The monoisotopic (exact) mass is 418 g/mol. The number of carbonyl (C=O) groups is 2. The lowest BCUT2D eigenvalue weighted by molar-refractivity contribution is -0.117. The maximum absolute atomic E-state index is 12.5. The summed E-state index contributed by atoms with van der Waals surface area (Å²) in [6, 6.07) is 11.2. The summed E-state index contributed by atoms with van der Waals surface area (Å²) in [6.07, 6.45) is 1.74. The van der Waals surface area contributed by atoms with E-state index in [1.54, 1.807) is 49.4 Å². The Morgan fingerprint density at radius 1 is 1.00 bits per heavy atom. The van der Waals surface area contributed by atoms with E-state index < -0.39 is 11.9 Å². The molecule has 2 aromatic rings. The van der Waals surface area contributed by atoms with Crippen LogP contribution in [0.25, 0.3) is 0 Å². The van der Waals surface area contributed by atoms with Crippen molar-refractivity contribution < 1.29 is 19.1 Å². The summed E-state index contributed by atoms with van der Waals surface area (Å²) in [4.78, 5) is 24.9. The molecule has 2 N–H and O–H groups in total. The zero-order valence-corrected chi connectivity index (χ0v) is 17.7. The Labute approximate surface area is 176 Å². The average molecular weight is 419 g/mol. The van der Waals surface area contributed by atoms with Gasteiger partial charge in [0.05, 0.1) is 23.8 Å². The van der Waals surface area contributed by atoms with E-state index in [0.717, 1.165) is 12.8 Å². The van der Waals surface area contributed by atoms with Crippen LogP contribution in [0.4, 0.5) is 5.69 Å². The lowest BCUT2D eigenvalue weighted by atomic mass is 10.2. The highest BCUT2D eigenvalue weighted by Crippen LogP contribution is 2.31. The van der Waals surface area contributed by atoms with Crippen LogP contribution in [0.3, 0.4) is 0 Å². The van der Waals surface area contributed by atoms with E-state index in [9.17, 15) is 9.59 Å². The van der Waals surface area contributed by atoms with Gasteiger partial charge >= 0.3 is 0 Å². The fourth-order valence-corrected chi connectivity index (χ4v) is 2.70. The first kappa shape index (κ1) is 22.6. The van der Waals surface area contributed by atoms with Crippen molar-refractivity contribution in [2.75, 3.05) is 18.5 Å². The minimum Gasteiger partial charge on any atom is -0.490 e. The predicted molar refractivity (Wildman–Crippen MR) is 115 cm³/mol. The number of ether oxygens (including phenoxy) is 2. The van der Waals surface area contributed by atoms with Gasteiger partial charge in [-0.25, -0.2) is 0 Å². The smallest absolute Gasteiger partial charge is 0.253 e. The summed E-state index contributed by atoms with van der Waals surface area (Å²) in [5, 5.41) is 5.78. The molecular weight excluding hydrogens is 392 g/mol.